The molecule has 2 aliphatic rings. The quantitative estimate of drug-likeness (QED) is 0.639. The largest absolute Gasteiger partial charge is 0.333 e. The van der Waals surface area contributed by atoms with Crippen molar-refractivity contribution >= 4 is 16.8 Å². The number of rotatable bonds is 0. The van der Waals surface area contributed by atoms with Gasteiger partial charge in [0.25, 0.3) is 0 Å². The van der Waals surface area contributed by atoms with E-state index in [2.05, 4.69) is 34.7 Å². The Balaban J connectivity index is 1.69. The first kappa shape index (κ1) is 13.1. The Morgan fingerprint density at radius 2 is 2.00 bits per heavy atom. The van der Waals surface area contributed by atoms with Crippen LogP contribution in [0.5, 0.6) is 0 Å². The number of hydrogen-bond donors (Lipinski definition) is 0. The molecule has 3 aromatic rings. The molecule has 116 valence electrons. The van der Waals surface area contributed by atoms with Crippen molar-refractivity contribution in [2.24, 2.45) is 5.41 Å². The molecule has 2 aliphatic heterocycles. The van der Waals surface area contributed by atoms with Crippen molar-refractivity contribution in [3.8, 4) is 0 Å². The molecule has 0 saturated heterocycles. The van der Waals surface area contributed by atoms with Crippen LogP contribution in [0.25, 0.3) is 10.9 Å². The lowest BCUT2D eigenvalue weighted by atomic mass is 9.77. The fraction of sp³-hybridized carbons (Fsp3) is 0.368. The second-order valence-electron chi connectivity index (χ2n) is 7.09. The molecule has 0 amide bonds. The molecular formula is C19H19N3O. The van der Waals surface area contributed by atoms with E-state index in [0.717, 1.165) is 37.0 Å². The summed E-state index contributed by atoms with van der Waals surface area (Å²) < 4.78 is 4.18. The fourth-order valence-corrected chi connectivity index (χ4v) is 4.57. The molecule has 0 fully saturated rings. The number of nitrogens with zero attached hydrogens (tertiary/aromatic N) is 3. The molecule has 0 N–H and O–H groups in total. The van der Waals surface area contributed by atoms with Crippen LogP contribution in [0, 0.1) is 19.3 Å². The third-order valence-electron chi connectivity index (χ3n) is 5.88. The molecule has 0 saturated carbocycles. The molecule has 1 aromatic carbocycles. The molecule has 4 nitrogen and oxygen atoms in total. The minimum Gasteiger partial charge on any atom is -0.333 e. The van der Waals surface area contributed by atoms with Gasteiger partial charge in [-0.3, -0.25) is 9.36 Å². The van der Waals surface area contributed by atoms with Gasteiger partial charge in [-0.2, -0.15) is 0 Å². The molecule has 0 radical (unpaired) electrons. The molecule has 1 spiro atoms. The monoisotopic (exact) mass is 305 g/mol. The lowest BCUT2D eigenvalue weighted by Gasteiger charge is -2.33. The number of imidazole rings is 1. The van der Waals surface area contributed by atoms with Gasteiger partial charge in [-0.05, 0) is 38.3 Å². The van der Waals surface area contributed by atoms with E-state index in [0.29, 0.717) is 0 Å². The van der Waals surface area contributed by atoms with Gasteiger partial charge in [-0.1, -0.05) is 18.2 Å². The number of carbonyl (C=O) groups excluding carboxylic acids is 1. The number of para-hydroxylation sites is 1. The number of fused-ring (bicyclic) bond motifs is 4. The van der Waals surface area contributed by atoms with Gasteiger partial charge in [0.15, 0.2) is 0 Å². The predicted molar refractivity (Wildman–Crippen MR) is 88.7 cm³/mol. The molecule has 0 aliphatic carbocycles. The van der Waals surface area contributed by atoms with Crippen LogP contribution < -0.4 is 0 Å². The zero-order chi connectivity index (χ0) is 15.8. The van der Waals surface area contributed by atoms with E-state index in [9.17, 15) is 4.79 Å². The first-order chi connectivity index (χ1) is 11.1. The van der Waals surface area contributed by atoms with Crippen molar-refractivity contribution in [3.63, 3.8) is 0 Å². The third-order valence-corrected chi connectivity index (χ3v) is 5.88. The Kier molecular flexibility index (Phi) is 2.36. The van der Waals surface area contributed by atoms with Crippen molar-refractivity contribution in [2.75, 3.05) is 0 Å². The maximum Gasteiger partial charge on any atom is 0.239 e. The Bertz CT molecular complexity index is 978. The van der Waals surface area contributed by atoms with E-state index in [-0.39, 0.29) is 11.3 Å². The van der Waals surface area contributed by atoms with Gasteiger partial charge >= 0.3 is 0 Å². The summed E-state index contributed by atoms with van der Waals surface area (Å²) in [7, 11) is 0. The van der Waals surface area contributed by atoms with E-state index in [4.69, 9.17) is 0 Å². The Morgan fingerprint density at radius 1 is 1.17 bits per heavy atom. The molecule has 5 rings (SSSR count). The van der Waals surface area contributed by atoms with Gasteiger partial charge in [0, 0.05) is 29.7 Å². The maximum absolute atomic E-state index is 13.5. The summed E-state index contributed by atoms with van der Waals surface area (Å²) in [5.74, 6) is 0.270. The Morgan fingerprint density at radius 3 is 2.83 bits per heavy atom. The molecule has 1 atom stereocenters. The highest BCUT2D eigenvalue weighted by Gasteiger charge is 2.48. The van der Waals surface area contributed by atoms with Crippen LogP contribution in [0.15, 0.2) is 30.6 Å². The molecule has 1 unspecified atom stereocenters. The van der Waals surface area contributed by atoms with E-state index in [1.165, 1.54) is 22.3 Å². The van der Waals surface area contributed by atoms with Crippen LogP contribution in [0.2, 0.25) is 0 Å². The van der Waals surface area contributed by atoms with Gasteiger partial charge < -0.3 is 4.57 Å². The second-order valence-corrected chi connectivity index (χ2v) is 7.09. The molecule has 2 aromatic heterocycles. The highest BCUT2D eigenvalue weighted by molar-refractivity contribution is 5.99. The third kappa shape index (κ3) is 1.51. The Hall–Kier alpha value is -2.36. The zero-order valence-corrected chi connectivity index (χ0v) is 13.5. The number of aryl methyl sites for hydroxylation is 2. The molecule has 23 heavy (non-hydrogen) atoms. The highest BCUT2D eigenvalue weighted by atomic mass is 16.2. The van der Waals surface area contributed by atoms with Gasteiger partial charge in [0.1, 0.15) is 0 Å². The van der Waals surface area contributed by atoms with Crippen LogP contribution in [0.3, 0.4) is 0 Å². The normalized spacial score (nSPS) is 22.8. The standard InChI is InChI=1S/C19H19N3O/c1-12-14-5-3-4-6-16(14)22-15(12)7-8-19(18(22)23)9-17-13(2)20-11-21(17)10-19/h3-6,11H,7-10H2,1-2H3. The van der Waals surface area contributed by atoms with Crippen LogP contribution in [-0.2, 0) is 19.4 Å². The minimum absolute atomic E-state index is 0.270. The van der Waals surface area contributed by atoms with Crippen LogP contribution >= 0.6 is 0 Å². The highest BCUT2D eigenvalue weighted by Crippen LogP contribution is 2.44. The van der Waals surface area contributed by atoms with Crippen molar-refractivity contribution in [2.45, 2.75) is 39.7 Å². The molecule has 4 heteroatoms. The number of benzene rings is 1. The lowest BCUT2D eigenvalue weighted by Crippen LogP contribution is -2.41. The first-order valence-corrected chi connectivity index (χ1v) is 8.25. The molecular weight excluding hydrogens is 286 g/mol. The van der Waals surface area contributed by atoms with Crippen molar-refractivity contribution in [3.05, 3.63) is 53.2 Å². The molecule has 0 bridgehead atoms. The summed E-state index contributed by atoms with van der Waals surface area (Å²) in [5.41, 5.74) is 5.54. The maximum atomic E-state index is 13.5. The summed E-state index contributed by atoms with van der Waals surface area (Å²) >= 11 is 0. The average Bonchev–Trinajstić information content (AvgIpc) is 3.18. The first-order valence-electron chi connectivity index (χ1n) is 8.25. The lowest BCUT2D eigenvalue weighted by molar-refractivity contribution is 0.0645. The smallest absolute Gasteiger partial charge is 0.239 e. The van der Waals surface area contributed by atoms with Gasteiger partial charge in [0.05, 0.1) is 23.0 Å². The van der Waals surface area contributed by atoms with Gasteiger partial charge in [-0.15, -0.1) is 0 Å². The summed E-state index contributed by atoms with van der Waals surface area (Å²) in [5, 5.41) is 1.21. The fourth-order valence-electron chi connectivity index (χ4n) is 4.57. The van der Waals surface area contributed by atoms with E-state index in [1.807, 2.05) is 23.9 Å². The van der Waals surface area contributed by atoms with E-state index < -0.39 is 0 Å². The van der Waals surface area contributed by atoms with Gasteiger partial charge in [-0.25, -0.2) is 4.98 Å². The van der Waals surface area contributed by atoms with E-state index >= 15 is 0 Å². The molecule has 4 heterocycles. The van der Waals surface area contributed by atoms with Crippen molar-refractivity contribution in [1.82, 2.24) is 14.1 Å². The van der Waals surface area contributed by atoms with Crippen molar-refractivity contribution < 1.29 is 4.79 Å². The van der Waals surface area contributed by atoms with Gasteiger partial charge in [0.2, 0.25) is 5.91 Å². The Labute approximate surface area is 134 Å². The second kappa shape index (κ2) is 4.13. The summed E-state index contributed by atoms with van der Waals surface area (Å²) in [6.45, 7) is 4.96. The zero-order valence-electron chi connectivity index (χ0n) is 13.5. The summed E-state index contributed by atoms with van der Waals surface area (Å²) in [4.78, 5) is 17.9. The van der Waals surface area contributed by atoms with Crippen molar-refractivity contribution in [1.29, 1.82) is 0 Å². The van der Waals surface area contributed by atoms with E-state index in [1.54, 1.807) is 0 Å². The average molecular weight is 305 g/mol. The van der Waals surface area contributed by atoms with Crippen LogP contribution in [0.1, 0.15) is 33.9 Å². The van der Waals surface area contributed by atoms with Crippen LogP contribution in [0.4, 0.5) is 0 Å². The summed E-state index contributed by atoms with van der Waals surface area (Å²) in [6.07, 6.45) is 4.62. The number of carbonyl (C=O) groups is 1. The predicted octanol–water partition coefficient (Wildman–Crippen LogP) is 3.28. The number of aromatic nitrogens is 3. The topological polar surface area (TPSA) is 39.8 Å². The number of hydrogen-bond acceptors (Lipinski definition) is 2. The summed E-state index contributed by atoms with van der Waals surface area (Å²) in [6, 6.07) is 8.28. The van der Waals surface area contributed by atoms with Crippen LogP contribution in [-0.4, -0.2) is 20.0 Å². The SMILES string of the molecule is Cc1ncn2c1CC1(CCc3c(C)c4ccccc4n3C1=O)C2. The minimum atomic E-state index is -0.287.